The summed E-state index contributed by atoms with van der Waals surface area (Å²) in [4.78, 5) is 22.6. The zero-order valence-corrected chi connectivity index (χ0v) is 8.41. The second-order valence-corrected chi connectivity index (χ2v) is 3.18. The smallest absolute Gasteiger partial charge is 0.323 e. The first-order chi connectivity index (χ1) is 7.41. The highest BCUT2D eigenvalue weighted by Gasteiger charge is 2.18. The molecule has 0 atom stereocenters. The Hall–Kier alpha value is -1.98. The molecular weight excluding hydrogens is 220 g/mol. The van der Waals surface area contributed by atoms with E-state index in [1.165, 1.54) is 7.05 Å². The van der Waals surface area contributed by atoms with Crippen LogP contribution in [-0.2, 0) is 4.79 Å². The van der Waals surface area contributed by atoms with Crippen molar-refractivity contribution in [2.45, 2.75) is 0 Å². The number of hydrogen-bond donors (Lipinski definition) is 1. The molecule has 6 heteroatoms. The molecule has 1 aromatic rings. The lowest BCUT2D eigenvalue weighted by Gasteiger charge is -2.14. The Morgan fingerprint density at radius 2 is 2.00 bits per heavy atom. The number of nitrogens with zero attached hydrogens (tertiary/aromatic N) is 1. The van der Waals surface area contributed by atoms with Crippen molar-refractivity contribution >= 4 is 11.9 Å². The minimum atomic E-state index is -1.23. The molecule has 4 nitrogen and oxygen atoms in total. The van der Waals surface area contributed by atoms with Crippen molar-refractivity contribution in [3.8, 4) is 0 Å². The van der Waals surface area contributed by atoms with Crippen LogP contribution in [0.15, 0.2) is 18.2 Å². The van der Waals surface area contributed by atoms with E-state index in [1.54, 1.807) is 0 Å². The Kier molecular flexibility index (Phi) is 3.55. The van der Waals surface area contributed by atoms with E-state index in [4.69, 9.17) is 5.11 Å². The Morgan fingerprint density at radius 1 is 1.38 bits per heavy atom. The first kappa shape index (κ1) is 12.1. The Bertz CT molecular complexity index is 434. The van der Waals surface area contributed by atoms with E-state index >= 15 is 0 Å². The maximum Gasteiger partial charge on any atom is 0.323 e. The van der Waals surface area contributed by atoms with E-state index in [0.29, 0.717) is 0 Å². The molecule has 0 radical (unpaired) electrons. The zero-order valence-electron chi connectivity index (χ0n) is 8.41. The number of hydrogen-bond acceptors (Lipinski definition) is 2. The monoisotopic (exact) mass is 229 g/mol. The highest BCUT2D eigenvalue weighted by molar-refractivity contribution is 5.95. The topological polar surface area (TPSA) is 57.6 Å². The van der Waals surface area contributed by atoms with E-state index < -0.39 is 35.6 Å². The van der Waals surface area contributed by atoms with Gasteiger partial charge in [0.25, 0.3) is 5.91 Å². The summed E-state index contributed by atoms with van der Waals surface area (Å²) in [5.74, 6) is -3.75. The number of benzene rings is 1. The number of rotatable bonds is 3. The molecule has 0 aromatic heterocycles. The summed E-state index contributed by atoms with van der Waals surface area (Å²) in [6.07, 6.45) is 0. The Morgan fingerprint density at radius 3 is 2.56 bits per heavy atom. The van der Waals surface area contributed by atoms with Crippen LogP contribution in [0, 0.1) is 11.6 Å². The average molecular weight is 229 g/mol. The molecule has 16 heavy (non-hydrogen) atoms. The van der Waals surface area contributed by atoms with Crippen molar-refractivity contribution in [1.82, 2.24) is 4.90 Å². The fraction of sp³-hybridized carbons (Fsp3) is 0.200. The van der Waals surface area contributed by atoms with Crippen molar-refractivity contribution in [3.05, 3.63) is 35.4 Å². The molecule has 1 N–H and O–H groups in total. The minimum absolute atomic E-state index is 0.483. The lowest BCUT2D eigenvalue weighted by Crippen LogP contribution is -2.32. The highest BCUT2D eigenvalue weighted by Crippen LogP contribution is 2.11. The number of carboxylic acids is 1. The summed E-state index contributed by atoms with van der Waals surface area (Å²) in [6.45, 7) is -0.575. The number of carbonyl (C=O) groups is 2. The number of amides is 1. The van der Waals surface area contributed by atoms with Gasteiger partial charge in [0.1, 0.15) is 18.2 Å². The number of carbonyl (C=O) groups excluding carboxylic acids is 1. The summed E-state index contributed by atoms with van der Waals surface area (Å²) >= 11 is 0. The van der Waals surface area contributed by atoms with Gasteiger partial charge in [-0.3, -0.25) is 9.59 Å². The van der Waals surface area contributed by atoms with Crippen LogP contribution in [0.3, 0.4) is 0 Å². The minimum Gasteiger partial charge on any atom is -0.480 e. The second-order valence-electron chi connectivity index (χ2n) is 3.18. The van der Waals surface area contributed by atoms with E-state index in [2.05, 4.69) is 0 Å². The fourth-order valence-electron chi connectivity index (χ4n) is 1.14. The van der Waals surface area contributed by atoms with Gasteiger partial charge in [0.15, 0.2) is 0 Å². The first-order valence-electron chi connectivity index (χ1n) is 4.34. The molecule has 1 amide bonds. The normalized spacial score (nSPS) is 9.94. The third-order valence-corrected chi connectivity index (χ3v) is 1.88. The average Bonchev–Trinajstić information content (AvgIpc) is 2.19. The zero-order chi connectivity index (χ0) is 12.3. The molecule has 0 fully saturated rings. The molecule has 0 aliphatic rings. The third kappa shape index (κ3) is 2.75. The van der Waals surface area contributed by atoms with Crippen molar-refractivity contribution in [2.24, 2.45) is 0 Å². The highest BCUT2D eigenvalue weighted by atomic mass is 19.1. The van der Waals surface area contributed by atoms with Crippen LogP contribution in [0.5, 0.6) is 0 Å². The molecule has 0 saturated carbocycles. The first-order valence-corrected chi connectivity index (χ1v) is 4.34. The summed E-state index contributed by atoms with van der Waals surface area (Å²) in [5, 5.41) is 8.44. The fourth-order valence-corrected chi connectivity index (χ4v) is 1.14. The predicted molar refractivity (Wildman–Crippen MR) is 51.0 cm³/mol. The van der Waals surface area contributed by atoms with Gasteiger partial charge < -0.3 is 10.0 Å². The predicted octanol–water partition coefficient (Wildman–Crippen LogP) is 1.12. The van der Waals surface area contributed by atoms with Gasteiger partial charge in [-0.2, -0.15) is 0 Å². The van der Waals surface area contributed by atoms with E-state index in [9.17, 15) is 18.4 Å². The molecule has 1 rings (SSSR count). The Balaban J connectivity index is 2.95. The molecule has 0 saturated heterocycles. The molecular formula is C10H9F2NO3. The molecule has 86 valence electrons. The number of aliphatic carboxylic acids is 1. The van der Waals surface area contributed by atoms with Crippen LogP contribution < -0.4 is 0 Å². The summed E-state index contributed by atoms with van der Waals surface area (Å²) in [7, 11) is 1.20. The van der Waals surface area contributed by atoms with Gasteiger partial charge in [0, 0.05) is 7.05 Å². The SMILES string of the molecule is CN(CC(=O)O)C(=O)c1cc(F)ccc1F. The lowest BCUT2D eigenvalue weighted by atomic mass is 10.2. The lowest BCUT2D eigenvalue weighted by molar-refractivity contribution is -0.137. The van der Waals surface area contributed by atoms with Crippen LogP contribution in [0.4, 0.5) is 8.78 Å². The van der Waals surface area contributed by atoms with E-state index in [-0.39, 0.29) is 0 Å². The second kappa shape index (κ2) is 4.69. The van der Waals surface area contributed by atoms with Crippen LogP contribution >= 0.6 is 0 Å². The van der Waals surface area contributed by atoms with Gasteiger partial charge in [0.2, 0.25) is 0 Å². The van der Waals surface area contributed by atoms with Crippen LogP contribution in [0.25, 0.3) is 0 Å². The number of halogens is 2. The van der Waals surface area contributed by atoms with Crippen molar-refractivity contribution in [2.75, 3.05) is 13.6 Å². The molecule has 0 unspecified atom stereocenters. The van der Waals surface area contributed by atoms with Gasteiger partial charge >= 0.3 is 5.97 Å². The maximum absolute atomic E-state index is 13.2. The molecule has 0 heterocycles. The van der Waals surface area contributed by atoms with Crippen molar-refractivity contribution < 1.29 is 23.5 Å². The van der Waals surface area contributed by atoms with Gasteiger partial charge in [-0.15, -0.1) is 0 Å². The summed E-state index contributed by atoms with van der Waals surface area (Å²) < 4.78 is 25.9. The summed E-state index contributed by atoms with van der Waals surface area (Å²) in [5.41, 5.74) is -0.483. The molecule has 0 aliphatic heterocycles. The van der Waals surface area contributed by atoms with E-state index in [1.807, 2.05) is 0 Å². The third-order valence-electron chi connectivity index (χ3n) is 1.88. The number of likely N-dealkylation sites (N-methyl/N-ethyl adjacent to an activating group) is 1. The molecule has 0 spiro atoms. The molecule has 1 aromatic carbocycles. The standard InChI is InChI=1S/C10H9F2NO3/c1-13(5-9(14)15)10(16)7-4-6(11)2-3-8(7)12/h2-4H,5H2,1H3,(H,14,15). The van der Waals surface area contributed by atoms with Gasteiger partial charge in [-0.25, -0.2) is 8.78 Å². The van der Waals surface area contributed by atoms with Gasteiger partial charge in [-0.05, 0) is 18.2 Å². The van der Waals surface area contributed by atoms with Crippen LogP contribution in [0.1, 0.15) is 10.4 Å². The molecule has 0 aliphatic carbocycles. The van der Waals surface area contributed by atoms with Gasteiger partial charge in [-0.1, -0.05) is 0 Å². The number of carboxylic acid groups (broad SMARTS) is 1. The maximum atomic E-state index is 13.2. The largest absolute Gasteiger partial charge is 0.480 e. The van der Waals surface area contributed by atoms with Crippen LogP contribution in [0.2, 0.25) is 0 Å². The van der Waals surface area contributed by atoms with Crippen molar-refractivity contribution in [1.29, 1.82) is 0 Å². The van der Waals surface area contributed by atoms with Crippen LogP contribution in [-0.4, -0.2) is 35.5 Å². The Labute approximate surface area is 90.1 Å². The molecule has 0 bridgehead atoms. The summed E-state index contributed by atoms with van der Waals surface area (Å²) in [6, 6.07) is 2.43. The van der Waals surface area contributed by atoms with Crippen molar-refractivity contribution in [3.63, 3.8) is 0 Å². The van der Waals surface area contributed by atoms with E-state index in [0.717, 1.165) is 23.1 Å². The van der Waals surface area contributed by atoms with Gasteiger partial charge in [0.05, 0.1) is 5.56 Å². The quantitative estimate of drug-likeness (QED) is 0.844.